The number of amides is 2. The topological polar surface area (TPSA) is 88.9 Å². The number of rotatable bonds is 10. The molecular weight excluding hydrogens is 586 g/mol. The summed E-state index contributed by atoms with van der Waals surface area (Å²) >= 11 is 14.5. The lowest BCUT2D eigenvalue weighted by Crippen LogP contribution is -2.28. The highest BCUT2D eigenvalue weighted by atomic mass is 35.5. The Morgan fingerprint density at radius 2 is 1.82 bits per heavy atom. The number of pyridine rings is 1. The van der Waals surface area contributed by atoms with Crippen molar-refractivity contribution >= 4 is 63.2 Å². The Labute approximate surface area is 242 Å². The Morgan fingerprint density at radius 1 is 1.05 bits per heavy atom. The zero-order valence-corrected chi connectivity index (χ0v) is 23.5. The number of nitrogens with one attached hydrogen (secondary N) is 2. The van der Waals surface area contributed by atoms with Crippen molar-refractivity contribution in [1.82, 2.24) is 20.1 Å². The summed E-state index contributed by atoms with van der Waals surface area (Å²) in [6, 6.07) is 12.0. The number of thioether (sulfide) groups is 1. The van der Waals surface area contributed by atoms with Crippen molar-refractivity contribution in [3.05, 3.63) is 81.7 Å². The molecule has 0 fully saturated rings. The molecule has 0 radical (unpaired) electrons. The van der Waals surface area contributed by atoms with Crippen molar-refractivity contribution in [1.29, 1.82) is 0 Å². The fourth-order valence-corrected chi connectivity index (χ4v) is 5.30. The molecule has 2 amide bonds. The van der Waals surface area contributed by atoms with Gasteiger partial charge in [-0.25, -0.2) is 9.67 Å². The number of halogens is 5. The van der Waals surface area contributed by atoms with Crippen molar-refractivity contribution in [3.63, 3.8) is 0 Å². The minimum atomic E-state index is -4.84. The summed E-state index contributed by atoms with van der Waals surface area (Å²) in [6.07, 6.45) is -1.39. The molecule has 2 aromatic heterocycles. The van der Waals surface area contributed by atoms with E-state index < -0.39 is 29.4 Å². The molecule has 0 bridgehead atoms. The number of carbonyl (C=O) groups excluding carboxylic acids is 2. The zero-order chi connectivity index (χ0) is 28.9. The molecule has 0 aliphatic rings. The molecule has 2 heterocycles. The van der Waals surface area contributed by atoms with Gasteiger partial charge in [0.2, 0.25) is 0 Å². The number of carbonyl (C=O) groups is 2. The molecule has 2 aromatic carbocycles. The predicted octanol–water partition coefficient (Wildman–Crippen LogP) is 7.26. The molecule has 0 atom stereocenters. The number of hydrogen-bond acceptors (Lipinski definition) is 5. The van der Waals surface area contributed by atoms with Gasteiger partial charge in [0, 0.05) is 29.9 Å². The number of aromatic nitrogens is 3. The van der Waals surface area contributed by atoms with E-state index in [0.29, 0.717) is 33.8 Å². The van der Waals surface area contributed by atoms with Gasteiger partial charge >= 0.3 is 6.18 Å². The van der Waals surface area contributed by atoms with Crippen LogP contribution in [0.4, 0.5) is 18.9 Å². The third kappa shape index (κ3) is 6.71. The van der Waals surface area contributed by atoms with Crippen molar-refractivity contribution in [2.75, 3.05) is 23.4 Å². The number of alkyl halides is 3. The van der Waals surface area contributed by atoms with Crippen LogP contribution in [0, 0.1) is 0 Å². The monoisotopic (exact) mass is 609 g/mol. The van der Waals surface area contributed by atoms with Crippen LogP contribution in [0.15, 0.2) is 54.7 Å². The van der Waals surface area contributed by atoms with E-state index in [0.717, 1.165) is 18.6 Å². The Hall–Kier alpha value is -3.28. The maximum absolute atomic E-state index is 13.6. The Bertz CT molecular complexity index is 1540. The van der Waals surface area contributed by atoms with Crippen LogP contribution in [-0.4, -0.2) is 44.6 Å². The first-order chi connectivity index (χ1) is 19.1. The standard InChI is InChI=1S/C27H24Cl2F3N5O2S/c1-2-3-12-40-13-11-34-25(38)18-14-16-7-4-5-8-17(16)22(29)23(18)35-26(39)20-15-21(27(30,31)32)36-37(20)24-19(28)9-6-10-33-24/h4-10,14-15H,2-3,11-13H2,1H3,(H,34,38)(H,35,39). The molecule has 0 saturated heterocycles. The number of unbranched alkanes of at least 4 members (excludes halogenated alkanes) is 1. The Kier molecular flexibility index (Phi) is 9.60. The van der Waals surface area contributed by atoms with Crippen LogP contribution >= 0.6 is 35.0 Å². The van der Waals surface area contributed by atoms with E-state index in [1.807, 2.05) is 0 Å². The number of hydrogen-bond donors (Lipinski definition) is 2. The summed E-state index contributed by atoms with van der Waals surface area (Å²) < 4.78 is 41.4. The molecule has 2 N–H and O–H groups in total. The molecule has 4 rings (SSSR count). The predicted molar refractivity (Wildman–Crippen MR) is 153 cm³/mol. The van der Waals surface area contributed by atoms with Crippen LogP contribution in [0.1, 0.15) is 46.3 Å². The van der Waals surface area contributed by atoms with Gasteiger partial charge in [0.15, 0.2) is 11.5 Å². The lowest BCUT2D eigenvalue weighted by molar-refractivity contribution is -0.141. The summed E-state index contributed by atoms with van der Waals surface area (Å²) in [4.78, 5) is 30.7. The van der Waals surface area contributed by atoms with E-state index >= 15 is 0 Å². The Morgan fingerprint density at radius 3 is 2.55 bits per heavy atom. The number of benzene rings is 2. The van der Waals surface area contributed by atoms with Crippen LogP contribution < -0.4 is 10.6 Å². The zero-order valence-electron chi connectivity index (χ0n) is 21.2. The average Bonchev–Trinajstić information content (AvgIpc) is 3.38. The molecule has 0 aliphatic carbocycles. The van der Waals surface area contributed by atoms with Crippen LogP contribution in [0.25, 0.3) is 16.6 Å². The Balaban J connectivity index is 1.72. The SMILES string of the molecule is CCCCSCCNC(=O)c1cc2ccccc2c(Cl)c1NC(=O)c1cc(C(F)(F)F)nn1-c1ncccc1Cl. The summed E-state index contributed by atoms with van der Waals surface area (Å²) in [7, 11) is 0. The lowest BCUT2D eigenvalue weighted by atomic mass is 10.0. The molecule has 4 aromatic rings. The first-order valence-electron chi connectivity index (χ1n) is 12.3. The highest BCUT2D eigenvalue weighted by Gasteiger charge is 2.37. The first-order valence-corrected chi connectivity index (χ1v) is 14.2. The van der Waals surface area contributed by atoms with Gasteiger partial charge in [-0.3, -0.25) is 9.59 Å². The molecule has 13 heteroatoms. The van der Waals surface area contributed by atoms with Crippen molar-refractivity contribution in [3.8, 4) is 5.82 Å². The van der Waals surface area contributed by atoms with Crippen molar-refractivity contribution < 1.29 is 22.8 Å². The summed E-state index contributed by atoms with van der Waals surface area (Å²) in [5.74, 6) is 0.0119. The number of nitrogens with zero attached hydrogens (tertiary/aromatic N) is 3. The van der Waals surface area contributed by atoms with Gasteiger partial charge in [-0.05, 0) is 35.8 Å². The molecule has 0 aliphatic heterocycles. The second kappa shape index (κ2) is 12.9. The van der Waals surface area contributed by atoms with Gasteiger partial charge in [0.1, 0.15) is 5.69 Å². The number of anilines is 1. The fraction of sp³-hybridized carbons (Fsp3) is 0.259. The maximum atomic E-state index is 13.6. The molecule has 7 nitrogen and oxygen atoms in total. The van der Waals surface area contributed by atoms with Crippen LogP contribution in [-0.2, 0) is 6.18 Å². The van der Waals surface area contributed by atoms with Gasteiger partial charge < -0.3 is 10.6 Å². The second-order valence-electron chi connectivity index (χ2n) is 8.64. The second-order valence-corrected chi connectivity index (χ2v) is 10.7. The molecule has 210 valence electrons. The quantitative estimate of drug-likeness (QED) is 0.185. The summed E-state index contributed by atoms with van der Waals surface area (Å²) in [6.45, 7) is 2.48. The largest absolute Gasteiger partial charge is 0.435 e. The van der Waals surface area contributed by atoms with E-state index in [-0.39, 0.29) is 27.1 Å². The van der Waals surface area contributed by atoms with Gasteiger partial charge in [0.25, 0.3) is 11.8 Å². The van der Waals surface area contributed by atoms with E-state index in [1.54, 1.807) is 42.1 Å². The highest BCUT2D eigenvalue weighted by molar-refractivity contribution is 7.99. The van der Waals surface area contributed by atoms with Crippen LogP contribution in [0.5, 0.6) is 0 Å². The molecular formula is C27H24Cl2F3N5O2S. The first kappa shape index (κ1) is 29.7. The molecule has 40 heavy (non-hydrogen) atoms. The lowest BCUT2D eigenvalue weighted by Gasteiger charge is -2.16. The van der Waals surface area contributed by atoms with Gasteiger partial charge in [-0.1, -0.05) is 60.8 Å². The maximum Gasteiger partial charge on any atom is 0.435 e. The van der Waals surface area contributed by atoms with E-state index in [2.05, 4.69) is 27.6 Å². The molecule has 0 unspecified atom stereocenters. The highest BCUT2D eigenvalue weighted by Crippen LogP contribution is 2.36. The van der Waals surface area contributed by atoms with Gasteiger partial charge in [0.05, 0.1) is 21.3 Å². The smallest absolute Gasteiger partial charge is 0.351 e. The average molecular weight is 610 g/mol. The van der Waals surface area contributed by atoms with Gasteiger partial charge in [-0.2, -0.15) is 30.0 Å². The minimum absolute atomic E-state index is 0.0195. The van der Waals surface area contributed by atoms with E-state index in [9.17, 15) is 22.8 Å². The third-order valence-electron chi connectivity index (χ3n) is 5.82. The van der Waals surface area contributed by atoms with Crippen LogP contribution in [0.2, 0.25) is 10.0 Å². The van der Waals surface area contributed by atoms with Gasteiger partial charge in [-0.15, -0.1) is 0 Å². The van der Waals surface area contributed by atoms with E-state index in [4.69, 9.17) is 23.2 Å². The van der Waals surface area contributed by atoms with Crippen molar-refractivity contribution in [2.24, 2.45) is 0 Å². The third-order valence-corrected chi connectivity index (χ3v) is 7.57. The fourth-order valence-electron chi connectivity index (χ4n) is 3.84. The van der Waals surface area contributed by atoms with Crippen LogP contribution in [0.3, 0.4) is 0 Å². The number of fused-ring (bicyclic) bond motifs is 1. The minimum Gasteiger partial charge on any atom is -0.351 e. The van der Waals surface area contributed by atoms with Crippen molar-refractivity contribution in [2.45, 2.75) is 25.9 Å². The molecule has 0 saturated carbocycles. The molecule has 0 spiro atoms. The normalized spacial score (nSPS) is 11.6. The van der Waals surface area contributed by atoms with E-state index in [1.165, 1.54) is 18.3 Å². The summed E-state index contributed by atoms with van der Waals surface area (Å²) in [5, 5.41) is 10.2. The summed E-state index contributed by atoms with van der Waals surface area (Å²) in [5.41, 5.74) is -1.80.